The number of hydrogen-bond acceptors (Lipinski definition) is 4. The maximum absolute atomic E-state index is 4.47. The van der Waals surface area contributed by atoms with E-state index in [0.29, 0.717) is 6.04 Å². The van der Waals surface area contributed by atoms with Crippen LogP contribution in [0.15, 0.2) is 85.7 Å². The van der Waals surface area contributed by atoms with E-state index in [0.717, 1.165) is 34.0 Å². The third-order valence-electron chi connectivity index (χ3n) is 5.43. The molecule has 0 atom stereocenters. The Kier molecular flexibility index (Phi) is 3.84. The van der Waals surface area contributed by atoms with E-state index < -0.39 is 0 Å². The van der Waals surface area contributed by atoms with E-state index in [1.807, 2.05) is 66.1 Å². The summed E-state index contributed by atoms with van der Waals surface area (Å²) in [5.41, 5.74) is 8.59. The maximum atomic E-state index is 4.47. The quantitative estimate of drug-likeness (QED) is 0.461. The molecule has 5 aromatic rings. The highest BCUT2D eigenvalue weighted by atomic mass is 15.4. The SMILES string of the molecule is c1cc(N[n+]2ccc(-c3cnc4ccccn34)cc2)cc(-c2nncn2C2CC2)c1. The molecule has 7 nitrogen and oxygen atoms in total. The van der Waals surface area contributed by atoms with E-state index in [9.17, 15) is 0 Å². The Morgan fingerprint density at radius 1 is 0.967 bits per heavy atom. The molecule has 1 fully saturated rings. The first-order valence-corrected chi connectivity index (χ1v) is 10.1. The highest BCUT2D eigenvalue weighted by Gasteiger charge is 2.26. The van der Waals surface area contributed by atoms with Crippen molar-refractivity contribution in [1.29, 1.82) is 0 Å². The number of fused-ring (bicyclic) bond motifs is 1. The Bertz CT molecular complexity index is 1330. The molecule has 4 heterocycles. The van der Waals surface area contributed by atoms with Crippen LogP contribution in [0.1, 0.15) is 18.9 Å². The van der Waals surface area contributed by atoms with E-state index in [2.05, 4.69) is 53.8 Å². The molecule has 6 rings (SSSR count). The predicted octanol–water partition coefficient (Wildman–Crippen LogP) is 3.76. The van der Waals surface area contributed by atoms with Gasteiger partial charge in [0.2, 0.25) is 12.4 Å². The summed E-state index contributed by atoms with van der Waals surface area (Å²) in [5.74, 6) is 0.925. The topological polar surface area (TPSA) is 63.9 Å². The summed E-state index contributed by atoms with van der Waals surface area (Å²) in [6.45, 7) is 0. The summed E-state index contributed by atoms with van der Waals surface area (Å²) in [6, 6.07) is 19.0. The van der Waals surface area contributed by atoms with Crippen molar-refractivity contribution in [2.45, 2.75) is 18.9 Å². The summed E-state index contributed by atoms with van der Waals surface area (Å²) in [4.78, 5) is 4.47. The lowest BCUT2D eigenvalue weighted by molar-refractivity contribution is -0.642. The minimum absolute atomic E-state index is 0.549. The molecular weight excluding hydrogens is 374 g/mol. The predicted molar refractivity (Wildman–Crippen MR) is 114 cm³/mol. The Morgan fingerprint density at radius 2 is 1.87 bits per heavy atom. The Hall–Kier alpha value is -4.00. The smallest absolute Gasteiger partial charge is 0.200 e. The minimum Gasteiger partial charge on any atom is -0.310 e. The molecule has 0 unspecified atom stereocenters. The fraction of sp³-hybridized carbons (Fsp3) is 0.130. The zero-order valence-corrected chi connectivity index (χ0v) is 16.3. The average molecular weight is 394 g/mol. The van der Waals surface area contributed by atoms with Crippen LogP contribution in [-0.4, -0.2) is 24.1 Å². The molecule has 0 radical (unpaired) electrons. The van der Waals surface area contributed by atoms with Crippen LogP contribution in [-0.2, 0) is 0 Å². The molecule has 0 saturated heterocycles. The zero-order valence-electron chi connectivity index (χ0n) is 16.3. The van der Waals surface area contributed by atoms with Crippen molar-refractivity contribution in [3.8, 4) is 22.6 Å². The van der Waals surface area contributed by atoms with Crippen LogP contribution in [0.3, 0.4) is 0 Å². The van der Waals surface area contributed by atoms with Crippen molar-refractivity contribution < 1.29 is 4.68 Å². The molecule has 1 saturated carbocycles. The van der Waals surface area contributed by atoms with E-state index >= 15 is 0 Å². The molecule has 0 amide bonds. The largest absolute Gasteiger partial charge is 0.310 e. The molecule has 1 aliphatic carbocycles. The van der Waals surface area contributed by atoms with Crippen molar-refractivity contribution in [1.82, 2.24) is 24.1 Å². The number of nitrogens with zero attached hydrogens (tertiary/aromatic N) is 6. The summed E-state index contributed by atoms with van der Waals surface area (Å²) in [5, 5.41) is 8.44. The second-order valence-electron chi connectivity index (χ2n) is 7.55. The molecule has 7 heteroatoms. The lowest BCUT2D eigenvalue weighted by Gasteiger charge is -2.07. The molecule has 0 aliphatic heterocycles. The van der Waals surface area contributed by atoms with Crippen LogP contribution >= 0.6 is 0 Å². The van der Waals surface area contributed by atoms with Crippen LogP contribution in [0.4, 0.5) is 5.69 Å². The number of benzene rings is 1. The summed E-state index contributed by atoms with van der Waals surface area (Å²) < 4.78 is 6.21. The lowest BCUT2D eigenvalue weighted by atomic mass is 10.2. The Balaban J connectivity index is 1.26. The number of nitrogens with one attached hydrogen (secondary N) is 1. The second-order valence-corrected chi connectivity index (χ2v) is 7.55. The van der Waals surface area contributed by atoms with Gasteiger partial charge in [0.05, 0.1) is 17.6 Å². The molecule has 1 aliphatic rings. The van der Waals surface area contributed by atoms with E-state index in [-0.39, 0.29) is 0 Å². The van der Waals surface area contributed by atoms with Crippen molar-refractivity contribution in [3.05, 3.63) is 85.7 Å². The van der Waals surface area contributed by atoms with Gasteiger partial charge >= 0.3 is 0 Å². The lowest BCUT2D eigenvalue weighted by Crippen LogP contribution is -2.41. The molecule has 4 aromatic heterocycles. The number of pyridine rings is 2. The number of imidazole rings is 1. The van der Waals surface area contributed by atoms with Crippen molar-refractivity contribution in [2.75, 3.05) is 5.43 Å². The molecule has 1 N–H and O–H groups in total. The third-order valence-corrected chi connectivity index (χ3v) is 5.43. The van der Waals surface area contributed by atoms with Crippen LogP contribution in [0, 0.1) is 0 Å². The third kappa shape index (κ3) is 3.00. The van der Waals surface area contributed by atoms with Crippen molar-refractivity contribution >= 4 is 11.3 Å². The van der Waals surface area contributed by atoms with Gasteiger partial charge < -0.3 is 4.57 Å². The van der Waals surface area contributed by atoms with Crippen LogP contribution < -0.4 is 10.1 Å². The van der Waals surface area contributed by atoms with Crippen LogP contribution in [0.25, 0.3) is 28.3 Å². The first-order valence-electron chi connectivity index (χ1n) is 10.1. The van der Waals surface area contributed by atoms with Gasteiger partial charge in [-0.15, -0.1) is 10.2 Å². The number of hydrogen-bond donors (Lipinski definition) is 1. The highest BCUT2D eigenvalue weighted by Crippen LogP contribution is 2.37. The number of anilines is 1. The Labute approximate surface area is 173 Å². The van der Waals surface area contributed by atoms with Gasteiger partial charge in [0, 0.05) is 35.5 Å². The van der Waals surface area contributed by atoms with E-state index in [4.69, 9.17) is 0 Å². The minimum atomic E-state index is 0.549. The second kappa shape index (κ2) is 6.81. The zero-order chi connectivity index (χ0) is 19.9. The summed E-state index contributed by atoms with van der Waals surface area (Å²) in [7, 11) is 0. The van der Waals surface area contributed by atoms with Gasteiger partial charge in [-0.2, -0.15) is 5.43 Å². The summed E-state index contributed by atoms with van der Waals surface area (Å²) in [6.07, 6.45) is 12.2. The average Bonchev–Trinajstić information content (AvgIpc) is 3.35. The van der Waals surface area contributed by atoms with Gasteiger partial charge in [-0.1, -0.05) is 22.9 Å². The first kappa shape index (κ1) is 16.9. The van der Waals surface area contributed by atoms with Crippen LogP contribution in [0.5, 0.6) is 0 Å². The van der Waals surface area contributed by atoms with Crippen LogP contribution in [0.2, 0.25) is 0 Å². The fourth-order valence-corrected chi connectivity index (χ4v) is 3.76. The van der Waals surface area contributed by atoms with Crippen molar-refractivity contribution in [3.63, 3.8) is 0 Å². The van der Waals surface area contributed by atoms with E-state index in [1.165, 1.54) is 12.8 Å². The molecule has 30 heavy (non-hydrogen) atoms. The standard InChI is InChI=1S/C23H20N7/c1-2-11-29-21(15-24-22(29)6-1)17-9-12-28(13-10-17)27-19-5-3-4-18(14-19)23-26-25-16-30(23)20-7-8-20/h1-6,9-16,20,27H,7-8H2/q+1. The maximum Gasteiger partial charge on any atom is 0.200 e. The van der Waals surface area contributed by atoms with E-state index in [1.54, 1.807) is 0 Å². The molecule has 0 spiro atoms. The van der Waals surface area contributed by atoms with Crippen molar-refractivity contribution in [2.24, 2.45) is 0 Å². The Morgan fingerprint density at radius 3 is 2.73 bits per heavy atom. The number of rotatable bonds is 5. The van der Waals surface area contributed by atoms with Gasteiger partial charge in [-0.3, -0.25) is 4.40 Å². The fourth-order valence-electron chi connectivity index (χ4n) is 3.76. The van der Waals surface area contributed by atoms with Gasteiger partial charge in [-0.25, -0.2) is 4.98 Å². The normalized spacial score (nSPS) is 13.6. The molecule has 146 valence electrons. The molecule has 0 bridgehead atoms. The monoisotopic (exact) mass is 394 g/mol. The first-order chi connectivity index (χ1) is 14.8. The highest BCUT2D eigenvalue weighted by molar-refractivity contribution is 5.63. The summed E-state index contributed by atoms with van der Waals surface area (Å²) >= 11 is 0. The number of aromatic nitrogens is 6. The van der Waals surface area contributed by atoms with Gasteiger partial charge in [-0.05, 0) is 37.1 Å². The molecular formula is C23H20N7+. The van der Waals surface area contributed by atoms with Gasteiger partial charge in [0.1, 0.15) is 12.0 Å². The molecule has 1 aromatic carbocycles. The van der Waals surface area contributed by atoms with Gasteiger partial charge in [0.15, 0.2) is 5.82 Å². The van der Waals surface area contributed by atoms with Gasteiger partial charge in [0.25, 0.3) is 0 Å².